The molecule has 1 aromatic carbocycles. The van der Waals surface area contributed by atoms with Crippen LogP contribution < -0.4 is 4.74 Å². The quantitative estimate of drug-likeness (QED) is 0.446. The van der Waals surface area contributed by atoms with Crippen molar-refractivity contribution in [3.8, 4) is 5.75 Å². The van der Waals surface area contributed by atoms with Crippen molar-refractivity contribution in [1.82, 2.24) is 9.88 Å². The summed E-state index contributed by atoms with van der Waals surface area (Å²) >= 11 is 0. The molecule has 1 saturated carbocycles. The van der Waals surface area contributed by atoms with E-state index in [0.29, 0.717) is 18.8 Å². The minimum absolute atomic E-state index is 0.0273. The van der Waals surface area contributed by atoms with Crippen molar-refractivity contribution < 1.29 is 41.0 Å². The number of benzene rings is 1. The van der Waals surface area contributed by atoms with Gasteiger partial charge in [0.2, 0.25) is 0 Å². The van der Waals surface area contributed by atoms with Crippen molar-refractivity contribution in [2.45, 2.75) is 69.9 Å². The smallest absolute Gasteiger partial charge is 0.420 e. The van der Waals surface area contributed by atoms with Gasteiger partial charge >= 0.3 is 18.3 Å². The van der Waals surface area contributed by atoms with E-state index in [1.165, 1.54) is 24.3 Å². The van der Waals surface area contributed by atoms with E-state index in [4.69, 9.17) is 9.84 Å². The van der Waals surface area contributed by atoms with E-state index < -0.39 is 41.7 Å². The highest BCUT2D eigenvalue weighted by Gasteiger charge is 2.43. The second kappa shape index (κ2) is 10.4. The summed E-state index contributed by atoms with van der Waals surface area (Å²) in [5.41, 5.74) is -0.255. The fourth-order valence-corrected chi connectivity index (χ4v) is 5.33. The number of halogens is 6. The Labute approximate surface area is 204 Å². The van der Waals surface area contributed by atoms with E-state index >= 15 is 0 Å². The minimum atomic E-state index is -4.74. The van der Waals surface area contributed by atoms with Gasteiger partial charge in [-0.2, -0.15) is 26.3 Å². The van der Waals surface area contributed by atoms with Gasteiger partial charge in [-0.1, -0.05) is 6.07 Å². The first-order valence-electron chi connectivity index (χ1n) is 12.1. The van der Waals surface area contributed by atoms with Gasteiger partial charge < -0.3 is 9.84 Å². The summed E-state index contributed by atoms with van der Waals surface area (Å²) in [5.74, 6) is -2.67. The van der Waals surface area contributed by atoms with Gasteiger partial charge in [0.1, 0.15) is 11.3 Å². The van der Waals surface area contributed by atoms with Gasteiger partial charge in [0.25, 0.3) is 0 Å². The highest BCUT2D eigenvalue weighted by Crippen LogP contribution is 2.43. The molecule has 2 heterocycles. The molecule has 2 aliphatic rings. The second-order valence-corrected chi connectivity index (χ2v) is 9.78. The van der Waals surface area contributed by atoms with Crippen molar-refractivity contribution in [3.63, 3.8) is 0 Å². The van der Waals surface area contributed by atoms with Gasteiger partial charge in [0, 0.05) is 24.9 Å². The maximum absolute atomic E-state index is 14.1. The van der Waals surface area contributed by atoms with Crippen molar-refractivity contribution in [3.05, 3.63) is 35.5 Å². The second-order valence-electron chi connectivity index (χ2n) is 9.78. The van der Waals surface area contributed by atoms with Crippen molar-refractivity contribution >= 4 is 16.9 Å². The van der Waals surface area contributed by atoms with Gasteiger partial charge in [-0.3, -0.25) is 14.7 Å². The summed E-state index contributed by atoms with van der Waals surface area (Å²) in [7, 11) is 0. The Morgan fingerprint density at radius 2 is 1.75 bits per heavy atom. The Balaban J connectivity index is 1.51. The number of carboxylic acid groups (broad SMARTS) is 1. The number of alkyl halides is 6. The normalized spacial score (nSPS) is 24.1. The van der Waals surface area contributed by atoms with Crippen LogP contribution in [0.2, 0.25) is 0 Å². The number of aliphatic carboxylic acids is 1. The lowest BCUT2D eigenvalue weighted by molar-refractivity contribution is -0.185. The molecule has 1 aliphatic carbocycles. The lowest BCUT2D eigenvalue weighted by Crippen LogP contribution is -2.36. The molecule has 1 aromatic heterocycles. The maximum Gasteiger partial charge on any atom is 0.420 e. The fourth-order valence-electron chi connectivity index (χ4n) is 5.33. The summed E-state index contributed by atoms with van der Waals surface area (Å²) < 4.78 is 86.5. The number of hydrogen-bond donors (Lipinski definition) is 1. The highest BCUT2D eigenvalue weighted by atomic mass is 19.4. The van der Waals surface area contributed by atoms with Crippen LogP contribution in [-0.4, -0.2) is 46.3 Å². The van der Waals surface area contributed by atoms with Crippen LogP contribution >= 0.6 is 0 Å². The Hall–Kier alpha value is -2.56. The molecule has 1 saturated heterocycles. The maximum atomic E-state index is 14.1. The van der Waals surface area contributed by atoms with Gasteiger partial charge in [-0.05, 0) is 69.2 Å². The number of likely N-dealkylation sites (tertiary alicyclic amines) is 1. The monoisotopic (exact) mass is 518 g/mol. The topological polar surface area (TPSA) is 62.7 Å². The third kappa shape index (κ3) is 6.41. The average Bonchev–Trinajstić information content (AvgIpc) is 2.78. The van der Waals surface area contributed by atoms with E-state index in [2.05, 4.69) is 9.88 Å². The number of piperidine rings is 1. The number of rotatable bonds is 6. The van der Waals surface area contributed by atoms with Crippen LogP contribution in [0.25, 0.3) is 10.9 Å². The molecule has 0 spiro atoms. The van der Waals surface area contributed by atoms with E-state index in [1.54, 1.807) is 0 Å². The zero-order valence-electron chi connectivity index (χ0n) is 19.5. The average molecular weight is 518 g/mol. The molecular weight excluding hydrogens is 490 g/mol. The molecule has 36 heavy (non-hydrogen) atoms. The summed E-state index contributed by atoms with van der Waals surface area (Å²) in [6.45, 7) is 1.74. The van der Waals surface area contributed by atoms with Crippen LogP contribution in [0.3, 0.4) is 0 Å². The number of pyridine rings is 1. The largest absolute Gasteiger partial charge is 0.490 e. The van der Waals surface area contributed by atoms with Gasteiger partial charge in [0.15, 0.2) is 0 Å². The highest BCUT2D eigenvalue weighted by molar-refractivity contribution is 5.85. The first-order chi connectivity index (χ1) is 16.9. The van der Waals surface area contributed by atoms with Gasteiger partial charge in [0.05, 0.1) is 23.2 Å². The van der Waals surface area contributed by atoms with Crippen LogP contribution in [0.5, 0.6) is 5.75 Å². The van der Waals surface area contributed by atoms with E-state index in [1.807, 2.05) is 0 Å². The summed E-state index contributed by atoms with van der Waals surface area (Å²) in [5, 5.41) is 8.91. The van der Waals surface area contributed by atoms with Crippen LogP contribution in [0, 0.1) is 11.8 Å². The number of hydrogen-bond acceptors (Lipinski definition) is 4. The summed E-state index contributed by atoms with van der Waals surface area (Å²) in [6.07, 6.45) is -8.28. The zero-order chi connectivity index (χ0) is 26.1. The SMILES string of the molecule is O=C(O)C[C@@H]1CCCN(Cc2ccc3c(C(F)(F)F)c(O[C@H]4CC[C@@H](C(F)(F)F)CC4)ccc3n2)C1. The molecule has 1 aliphatic heterocycles. The Kier molecular flexibility index (Phi) is 7.68. The van der Waals surface area contributed by atoms with Crippen LogP contribution in [-0.2, 0) is 17.5 Å². The number of carbonyl (C=O) groups is 1. The summed E-state index contributed by atoms with van der Waals surface area (Å²) in [4.78, 5) is 17.5. The number of ether oxygens (including phenoxy) is 1. The fraction of sp³-hybridized carbons (Fsp3) is 0.600. The molecule has 198 valence electrons. The van der Waals surface area contributed by atoms with Crippen LogP contribution in [0.4, 0.5) is 26.3 Å². The molecule has 11 heteroatoms. The predicted molar refractivity (Wildman–Crippen MR) is 119 cm³/mol. The lowest BCUT2D eigenvalue weighted by Gasteiger charge is -2.32. The number of aromatic nitrogens is 1. The molecule has 0 radical (unpaired) electrons. The molecule has 0 bridgehead atoms. The van der Waals surface area contributed by atoms with Crippen molar-refractivity contribution in [2.24, 2.45) is 11.8 Å². The zero-order valence-corrected chi connectivity index (χ0v) is 19.5. The van der Waals surface area contributed by atoms with E-state index in [0.717, 1.165) is 19.4 Å². The first kappa shape index (κ1) is 26.5. The third-order valence-electron chi connectivity index (χ3n) is 7.06. The van der Waals surface area contributed by atoms with Gasteiger partial charge in [-0.15, -0.1) is 0 Å². The van der Waals surface area contributed by atoms with E-state index in [9.17, 15) is 31.1 Å². The predicted octanol–water partition coefficient (Wildman–Crippen LogP) is 6.44. The van der Waals surface area contributed by atoms with Gasteiger partial charge in [-0.25, -0.2) is 0 Å². The molecular formula is C25H28F6N2O3. The Morgan fingerprint density at radius 3 is 2.39 bits per heavy atom. The molecule has 1 atom stereocenters. The first-order valence-corrected chi connectivity index (χ1v) is 12.1. The minimum Gasteiger partial charge on any atom is -0.490 e. The lowest BCUT2D eigenvalue weighted by atomic mass is 9.87. The summed E-state index contributed by atoms with van der Waals surface area (Å²) in [6, 6.07) is 5.51. The Bertz CT molecular complexity index is 1080. The molecule has 0 amide bonds. The van der Waals surface area contributed by atoms with Crippen molar-refractivity contribution in [1.29, 1.82) is 0 Å². The number of nitrogens with zero attached hydrogens (tertiary/aromatic N) is 2. The van der Waals surface area contributed by atoms with Crippen LogP contribution in [0.1, 0.15) is 56.2 Å². The molecule has 2 fully saturated rings. The molecule has 2 aromatic rings. The Morgan fingerprint density at radius 1 is 1.03 bits per heavy atom. The molecule has 4 rings (SSSR count). The molecule has 0 unspecified atom stereocenters. The van der Waals surface area contributed by atoms with Crippen LogP contribution in [0.15, 0.2) is 24.3 Å². The van der Waals surface area contributed by atoms with Crippen molar-refractivity contribution in [2.75, 3.05) is 13.1 Å². The third-order valence-corrected chi connectivity index (χ3v) is 7.06. The number of carboxylic acids is 1. The molecule has 1 N–H and O–H groups in total. The number of fused-ring (bicyclic) bond motifs is 1. The van der Waals surface area contributed by atoms with E-state index in [-0.39, 0.29) is 48.9 Å². The molecule has 5 nitrogen and oxygen atoms in total. The standard InChI is InChI=1S/C25H28F6N2O3/c26-24(27,28)16-3-6-18(7-4-16)36-21-10-9-20-19(23(21)25(29,30)31)8-5-17(32-20)14-33-11-1-2-15(13-33)12-22(34)35/h5,8-10,15-16,18H,1-4,6-7,11-14H2,(H,34,35)/t15-,16-,18+/m0/s1.